The summed E-state index contributed by atoms with van der Waals surface area (Å²) in [5, 5.41) is 7.00. The highest BCUT2D eigenvalue weighted by atomic mass is 35.5. The molecule has 0 radical (unpaired) electrons. The maximum atomic E-state index is 6.88. The van der Waals surface area contributed by atoms with Crippen LogP contribution in [0.4, 0.5) is 0 Å². The van der Waals surface area contributed by atoms with Gasteiger partial charge >= 0.3 is 0 Å². The second-order valence-corrected chi connectivity index (χ2v) is 4.21. The zero-order chi connectivity index (χ0) is 8.15. The molecule has 0 spiro atoms. The molecule has 0 aromatic heterocycles. The van der Waals surface area contributed by atoms with Crippen LogP contribution in [0.5, 0.6) is 0 Å². The molecule has 0 rings (SSSR count). The molecule has 0 aliphatic rings. The molecule has 1 atom stereocenters. The van der Waals surface area contributed by atoms with Crippen LogP contribution in [0, 0.1) is 11.3 Å². The first-order chi connectivity index (χ1) is 4.54. The van der Waals surface area contributed by atoms with Gasteiger partial charge < -0.3 is 5.73 Å². The van der Waals surface area contributed by atoms with Crippen LogP contribution in [0.25, 0.3) is 0 Å². The Morgan fingerprint density at radius 1 is 1.70 bits per heavy atom. The molecule has 2 nitrogen and oxygen atoms in total. The highest BCUT2D eigenvalue weighted by molar-refractivity contribution is 8.13. The lowest BCUT2D eigenvalue weighted by Crippen LogP contribution is -2.12. The third kappa shape index (κ3) is 5.21. The van der Waals surface area contributed by atoms with E-state index in [1.165, 1.54) is 11.8 Å². The summed E-state index contributed by atoms with van der Waals surface area (Å²) < 4.78 is 0. The molecule has 0 bridgehead atoms. The summed E-state index contributed by atoms with van der Waals surface area (Å²) >= 11 is 12.4. The summed E-state index contributed by atoms with van der Waals surface area (Å²) in [6, 6.07) is 0. The molecule has 1 unspecified atom stereocenters. The van der Waals surface area contributed by atoms with Crippen LogP contribution in [0.3, 0.4) is 0 Å². The molecule has 0 amide bonds. The number of nitrogens with two attached hydrogens (primary N) is 1. The van der Waals surface area contributed by atoms with E-state index in [4.69, 9.17) is 34.3 Å². The van der Waals surface area contributed by atoms with Crippen LogP contribution < -0.4 is 5.73 Å². The van der Waals surface area contributed by atoms with E-state index in [-0.39, 0.29) is 15.9 Å². The topological polar surface area (TPSA) is 49.9 Å². The molecular formula is C5H10Cl2N2S. The predicted octanol–water partition coefficient (Wildman–Crippen LogP) is 2.05. The van der Waals surface area contributed by atoms with E-state index in [0.717, 1.165) is 0 Å². The molecule has 0 heterocycles. The highest BCUT2D eigenvalue weighted by Crippen LogP contribution is 2.18. The van der Waals surface area contributed by atoms with E-state index in [2.05, 4.69) is 0 Å². The number of rotatable bonds is 3. The highest BCUT2D eigenvalue weighted by Gasteiger charge is 2.10. The molecular weight excluding hydrogens is 191 g/mol. The fraction of sp³-hybridized carbons (Fsp3) is 0.800. The van der Waals surface area contributed by atoms with Crippen molar-refractivity contribution in [2.45, 2.75) is 11.8 Å². The normalized spacial score (nSPS) is 13.6. The fourth-order valence-electron chi connectivity index (χ4n) is 0.294. The van der Waals surface area contributed by atoms with Crippen LogP contribution in [0.1, 0.15) is 6.92 Å². The molecule has 0 fully saturated rings. The Balaban J connectivity index is 3.39. The number of thioether (sulfide) groups is 1. The van der Waals surface area contributed by atoms with Gasteiger partial charge in [0.05, 0.1) is 0 Å². The van der Waals surface area contributed by atoms with Gasteiger partial charge in [-0.3, -0.25) is 5.41 Å². The average Bonchev–Trinajstić information content (AvgIpc) is 1.82. The lowest BCUT2D eigenvalue weighted by Gasteiger charge is -2.09. The van der Waals surface area contributed by atoms with Gasteiger partial charge in [-0.25, -0.2) is 0 Å². The molecule has 10 heavy (non-hydrogen) atoms. The van der Waals surface area contributed by atoms with Crippen LogP contribution in [0.2, 0.25) is 0 Å². The SMILES string of the molecule is CC(CSC(=N)N)C(Cl)Cl. The molecule has 0 aliphatic carbocycles. The minimum Gasteiger partial charge on any atom is -0.379 e. The molecule has 0 saturated heterocycles. The van der Waals surface area contributed by atoms with Crippen molar-refractivity contribution in [3.05, 3.63) is 0 Å². The summed E-state index contributed by atoms with van der Waals surface area (Å²) in [6.07, 6.45) is 0. The molecule has 0 aromatic rings. The van der Waals surface area contributed by atoms with Crippen molar-refractivity contribution in [3.8, 4) is 0 Å². The van der Waals surface area contributed by atoms with Crippen molar-refractivity contribution in [2.75, 3.05) is 5.75 Å². The van der Waals surface area contributed by atoms with Gasteiger partial charge in [0.15, 0.2) is 5.17 Å². The minimum atomic E-state index is -0.369. The van der Waals surface area contributed by atoms with Crippen molar-refractivity contribution >= 4 is 40.1 Å². The van der Waals surface area contributed by atoms with Crippen molar-refractivity contribution in [1.29, 1.82) is 5.41 Å². The first kappa shape index (κ1) is 10.4. The molecule has 0 saturated carbocycles. The Bertz CT molecular complexity index is 118. The summed E-state index contributed by atoms with van der Waals surface area (Å²) in [4.78, 5) is -0.369. The van der Waals surface area contributed by atoms with Crippen LogP contribution in [-0.2, 0) is 0 Å². The van der Waals surface area contributed by atoms with Crippen molar-refractivity contribution < 1.29 is 0 Å². The van der Waals surface area contributed by atoms with Crippen molar-refractivity contribution in [1.82, 2.24) is 0 Å². The number of nitrogens with one attached hydrogen (secondary N) is 1. The number of amidine groups is 1. The molecule has 3 N–H and O–H groups in total. The lowest BCUT2D eigenvalue weighted by molar-refractivity contribution is 0.723. The molecule has 5 heteroatoms. The van der Waals surface area contributed by atoms with Gasteiger partial charge in [-0.2, -0.15) is 0 Å². The molecule has 60 valence electrons. The first-order valence-electron chi connectivity index (χ1n) is 2.79. The fourth-order valence-corrected chi connectivity index (χ4v) is 1.32. The van der Waals surface area contributed by atoms with Crippen LogP contribution in [0.15, 0.2) is 0 Å². The van der Waals surface area contributed by atoms with E-state index in [0.29, 0.717) is 5.75 Å². The van der Waals surface area contributed by atoms with E-state index >= 15 is 0 Å². The number of halogens is 2. The second-order valence-electron chi connectivity index (χ2n) is 1.99. The van der Waals surface area contributed by atoms with Gasteiger partial charge in [0, 0.05) is 5.75 Å². The Hall–Kier alpha value is 0.400. The second kappa shape index (κ2) is 5.10. The summed E-state index contributed by atoms with van der Waals surface area (Å²) in [5.74, 6) is 0.879. The number of alkyl halides is 2. The van der Waals surface area contributed by atoms with E-state index in [1.54, 1.807) is 0 Å². The van der Waals surface area contributed by atoms with Crippen LogP contribution >= 0.6 is 35.0 Å². The number of hydrogen-bond acceptors (Lipinski definition) is 2. The zero-order valence-corrected chi connectivity index (χ0v) is 7.93. The van der Waals surface area contributed by atoms with Gasteiger partial charge in [-0.05, 0) is 5.92 Å². The van der Waals surface area contributed by atoms with E-state index < -0.39 is 0 Å². The van der Waals surface area contributed by atoms with Gasteiger partial charge in [0.1, 0.15) is 4.84 Å². The Labute approximate surface area is 75.0 Å². The Kier molecular flexibility index (Phi) is 5.31. The first-order valence-corrected chi connectivity index (χ1v) is 4.65. The third-order valence-electron chi connectivity index (χ3n) is 0.932. The summed E-state index contributed by atoms with van der Waals surface area (Å²) in [6.45, 7) is 1.92. The van der Waals surface area contributed by atoms with Gasteiger partial charge in [0.2, 0.25) is 0 Å². The van der Waals surface area contributed by atoms with Gasteiger partial charge in [-0.1, -0.05) is 18.7 Å². The third-order valence-corrected chi connectivity index (χ3v) is 2.80. The maximum Gasteiger partial charge on any atom is 0.151 e. The van der Waals surface area contributed by atoms with Gasteiger partial charge in [0.25, 0.3) is 0 Å². The van der Waals surface area contributed by atoms with Crippen molar-refractivity contribution in [2.24, 2.45) is 11.7 Å². The van der Waals surface area contributed by atoms with Crippen LogP contribution in [-0.4, -0.2) is 15.8 Å². The monoisotopic (exact) mass is 200 g/mol. The quantitative estimate of drug-likeness (QED) is 0.417. The Morgan fingerprint density at radius 2 is 2.20 bits per heavy atom. The summed E-state index contributed by atoms with van der Waals surface area (Å²) in [7, 11) is 0. The minimum absolute atomic E-state index is 0.112. The lowest BCUT2D eigenvalue weighted by atomic mass is 10.3. The van der Waals surface area contributed by atoms with E-state index in [1.807, 2.05) is 6.92 Å². The Morgan fingerprint density at radius 3 is 2.50 bits per heavy atom. The maximum absolute atomic E-state index is 6.88. The predicted molar refractivity (Wildman–Crippen MR) is 49.0 cm³/mol. The molecule has 0 aliphatic heterocycles. The summed E-state index contributed by atoms with van der Waals surface area (Å²) in [5.41, 5.74) is 5.10. The zero-order valence-electron chi connectivity index (χ0n) is 5.60. The number of hydrogen-bond donors (Lipinski definition) is 2. The van der Waals surface area contributed by atoms with E-state index in [9.17, 15) is 0 Å². The van der Waals surface area contributed by atoms with Crippen molar-refractivity contribution in [3.63, 3.8) is 0 Å². The standard InChI is InChI=1S/C5H10Cl2N2S/c1-3(4(6)7)2-10-5(8)9/h3-4H,2H2,1H3,(H3,8,9). The molecule has 0 aromatic carbocycles. The average molecular weight is 201 g/mol. The smallest absolute Gasteiger partial charge is 0.151 e. The van der Waals surface area contributed by atoms with Gasteiger partial charge in [-0.15, -0.1) is 23.2 Å². The largest absolute Gasteiger partial charge is 0.379 e.